The summed E-state index contributed by atoms with van der Waals surface area (Å²) in [5, 5.41) is 0. The highest BCUT2D eigenvalue weighted by Crippen LogP contribution is 2.38. The summed E-state index contributed by atoms with van der Waals surface area (Å²) in [6.45, 7) is 28.3. The van der Waals surface area contributed by atoms with Crippen molar-refractivity contribution in [3.8, 4) is 44.5 Å². The fourth-order valence-corrected chi connectivity index (χ4v) is 10.5. The molecule has 11 rings (SSSR count). The van der Waals surface area contributed by atoms with Gasteiger partial charge in [-0.05, 0) is 179 Å². The highest BCUT2D eigenvalue weighted by atomic mass is 14.2. The van der Waals surface area contributed by atoms with Gasteiger partial charge in [0.15, 0.2) is 0 Å². The van der Waals surface area contributed by atoms with E-state index in [1.807, 2.05) is 19.9 Å². The van der Waals surface area contributed by atoms with E-state index < -0.39 is 0 Å². The molecule has 0 aliphatic carbocycles. The van der Waals surface area contributed by atoms with Gasteiger partial charge in [-0.1, -0.05) is 339 Å². The minimum Gasteiger partial charge on any atom is -0.0683 e. The molecule has 0 heteroatoms. The van der Waals surface area contributed by atoms with E-state index in [1.54, 1.807) is 0 Å². The zero-order valence-corrected chi connectivity index (χ0v) is 54.1. The second-order valence-electron chi connectivity index (χ2n) is 22.6. The molecule has 3 unspecified atom stereocenters. The molecule has 3 atom stereocenters. The van der Waals surface area contributed by atoms with Gasteiger partial charge in [-0.25, -0.2) is 0 Å². The first-order chi connectivity index (χ1) is 41.9. The van der Waals surface area contributed by atoms with Crippen molar-refractivity contribution in [1.29, 1.82) is 0 Å². The Balaban J connectivity index is 0.000000190. The van der Waals surface area contributed by atoms with E-state index in [0.29, 0.717) is 11.8 Å². The predicted octanol–water partition coefficient (Wildman–Crippen LogP) is 25.1. The average molecular weight is 1130 g/mol. The zero-order valence-electron chi connectivity index (χ0n) is 54.1. The molecule has 0 N–H and O–H groups in total. The third-order valence-electron chi connectivity index (χ3n) is 16.2. The van der Waals surface area contributed by atoms with Crippen LogP contribution in [0.2, 0.25) is 0 Å². The van der Waals surface area contributed by atoms with Crippen molar-refractivity contribution in [3.63, 3.8) is 0 Å². The van der Waals surface area contributed by atoms with Crippen LogP contribution in [-0.4, -0.2) is 0 Å². The number of hydrogen-bond donors (Lipinski definition) is 0. The maximum absolute atomic E-state index is 2.40. The highest BCUT2D eigenvalue weighted by molar-refractivity contribution is 5.73. The fourth-order valence-electron chi connectivity index (χ4n) is 10.5. The zero-order chi connectivity index (χ0) is 61.6. The third kappa shape index (κ3) is 20.0. The van der Waals surface area contributed by atoms with Gasteiger partial charge >= 0.3 is 0 Å². The Morgan fingerprint density at radius 2 is 0.581 bits per heavy atom. The van der Waals surface area contributed by atoms with Crippen LogP contribution in [0.25, 0.3) is 44.5 Å². The summed E-state index contributed by atoms with van der Waals surface area (Å²) in [7, 11) is 0. The normalized spacial score (nSPS) is 11.4. The Morgan fingerprint density at radius 1 is 0.267 bits per heavy atom. The molecule has 0 heterocycles. The Hall–Kier alpha value is -8.58. The van der Waals surface area contributed by atoms with Crippen molar-refractivity contribution in [2.24, 2.45) is 0 Å². The van der Waals surface area contributed by atoms with Crippen LogP contribution >= 0.6 is 0 Å². The van der Waals surface area contributed by atoms with Crippen LogP contribution < -0.4 is 0 Å². The summed E-state index contributed by atoms with van der Waals surface area (Å²) >= 11 is 0. The van der Waals surface area contributed by atoms with Crippen LogP contribution in [0, 0.1) is 41.5 Å². The standard InChI is InChI=1S/C34H30.C18H22.C13H12.C10H14.C9H12.C2H6/c1-24-13-16-29(17-14-24)34(30-21-19-28(20-22-30)27-10-5-4-6-11-27)31-18-15-26(3)33(23-31)32-12-8-7-9-25(32)2;1-5-13(2)16-11-10-15(4)18(12-16)17-9-7-6-8-14(17)3;1-11-7-9-13(10-8-11)12-5-3-2-4-6-12;1-3-9(2)10-7-5-4-6-8-10;1-2-6-9-7-4-3-5-8-9;1-2/h4-23,34H,1-3H3;6-13H,5H2,1-4H3;2-10H,1H3;4-9H,3H2,1-2H3;3-5,7-8H,2,6H2,1H3;1-2H3. The Morgan fingerprint density at radius 3 is 1.01 bits per heavy atom. The molecule has 0 aromatic heterocycles. The molecular formula is C86H96. The first-order valence-electron chi connectivity index (χ1n) is 31.6. The van der Waals surface area contributed by atoms with Crippen molar-refractivity contribution in [1.82, 2.24) is 0 Å². The number of rotatable bonds is 13. The first-order valence-corrected chi connectivity index (χ1v) is 31.6. The summed E-state index contributed by atoms with van der Waals surface area (Å²) in [5.74, 6) is 1.52. The second kappa shape index (κ2) is 35.7. The van der Waals surface area contributed by atoms with E-state index in [0.717, 1.165) is 0 Å². The van der Waals surface area contributed by atoms with Gasteiger partial charge < -0.3 is 0 Å². The molecule has 0 saturated carbocycles. The van der Waals surface area contributed by atoms with Gasteiger partial charge in [-0.15, -0.1) is 0 Å². The Labute approximate surface area is 520 Å². The molecule has 0 saturated heterocycles. The highest BCUT2D eigenvalue weighted by Gasteiger charge is 2.19. The van der Waals surface area contributed by atoms with E-state index in [2.05, 4.69) is 349 Å². The molecule has 0 spiro atoms. The molecule has 0 amide bonds. The van der Waals surface area contributed by atoms with E-state index in [9.17, 15) is 0 Å². The number of aryl methyl sites for hydroxylation is 7. The maximum Gasteiger partial charge on any atom is 0.0340 e. The summed E-state index contributed by atoms with van der Waals surface area (Å²) < 4.78 is 0. The van der Waals surface area contributed by atoms with Gasteiger partial charge in [0.1, 0.15) is 0 Å². The van der Waals surface area contributed by atoms with Crippen molar-refractivity contribution < 1.29 is 0 Å². The lowest BCUT2D eigenvalue weighted by Gasteiger charge is -2.21. The minimum absolute atomic E-state index is 0.175. The predicted molar refractivity (Wildman–Crippen MR) is 379 cm³/mol. The summed E-state index contributed by atoms with van der Waals surface area (Å²) in [4.78, 5) is 0. The molecule has 440 valence electrons. The SMILES string of the molecule is CC.CCC(C)c1ccc(C)c(-c2ccccc2C)c1.CCC(C)c1ccccc1.CCCc1ccccc1.Cc1ccc(-c2ccccc2)cc1.Cc1ccc(C(c2ccc(-c3ccccc3)cc2)c2ccc(C)c(-c3ccccc3C)c2)cc1. The Kier molecular flexibility index (Phi) is 27.6. The van der Waals surface area contributed by atoms with Gasteiger partial charge in [0, 0.05) is 5.92 Å². The molecule has 0 fully saturated rings. The molecule has 0 bridgehead atoms. The molecule has 0 aliphatic heterocycles. The molecule has 86 heavy (non-hydrogen) atoms. The lowest BCUT2D eigenvalue weighted by atomic mass is 9.82. The van der Waals surface area contributed by atoms with E-state index in [-0.39, 0.29) is 5.92 Å². The van der Waals surface area contributed by atoms with Crippen LogP contribution in [0.5, 0.6) is 0 Å². The summed E-state index contributed by atoms with van der Waals surface area (Å²) in [6, 6.07) is 100. The Bertz CT molecular complexity index is 3630. The maximum atomic E-state index is 2.40. The van der Waals surface area contributed by atoms with Gasteiger partial charge in [0.2, 0.25) is 0 Å². The van der Waals surface area contributed by atoms with Crippen LogP contribution in [-0.2, 0) is 6.42 Å². The molecular weight excluding hydrogens is 1030 g/mol. The largest absolute Gasteiger partial charge is 0.0683 e. The van der Waals surface area contributed by atoms with E-state index in [4.69, 9.17) is 0 Å². The lowest BCUT2D eigenvalue weighted by molar-refractivity contribution is 0.733. The second-order valence-corrected chi connectivity index (χ2v) is 22.6. The molecule has 0 nitrogen and oxygen atoms in total. The van der Waals surface area contributed by atoms with Gasteiger partial charge in [0.25, 0.3) is 0 Å². The van der Waals surface area contributed by atoms with Crippen LogP contribution in [0.3, 0.4) is 0 Å². The van der Waals surface area contributed by atoms with Crippen molar-refractivity contribution in [2.75, 3.05) is 0 Å². The molecule has 0 radical (unpaired) electrons. The third-order valence-corrected chi connectivity index (χ3v) is 16.2. The van der Waals surface area contributed by atoms with Crippen LogP contribution in [0.4, 0.5) is 0 Å². The van der Waals surface area contributed by atoms with Crippen LogP contribution in [0.15, 0.2) is 279 Å². The van der Waals surface area contributed by atoms with Crippen LogP contribution in [0.1, 0.15) is 152 Å². The summed E-state index contributed by atoms with van der Waals surface area (Å²) in [6.07, 6.45) is 4.87. The minimum atomic E-state index is 0.175. The fraction of sp³-hybridized carbons (Fsp3) is 0.233. The lowest BCUT2D eigenvalue weighted by Crippen LogP contribution is -2.04. The molecule has 11 aromatic carbocycles. The smallest absolute Gasteiger partial charge is 0.0340 e. The quantitative estimate of drug-likeness (QED) is 0.101. The summed E-state index contributed by atoms with van der Waals surface area (Å²) in [5.41, 5.74) is 26.6. The van der Waals surface area contributed by atoms with E-state index in [1.165, 1.54) is 137 Å². The monoisotopic (exact) mass is 1130 g/mol. The van der Waals surface area contributed by atoms with Crippen molar-refractivity contribution in [2.45, 2.75) is 133 Å². The number of benzene rings is 11. The molecule has 0 aliphatic rings. The topological polar surface area (TPSA) is 0 Å². The average Bonchev–Trinajstić information content (AvgIpc) is 1.82. The number of hydrogen-bond acceptors (Lipinski definition) is 0. The van der Waals surface area contributed by atoms with Gasteiger partial charge in [0.05, 0.1) is 0 Å². The van der Waals surface area contributed by atoms with Gasteiger partial charge in [-0.3, -0.25) is 0 Å². The first kappa shape index (κ1) is 66.6. The van der Waals surface area contributed by atoms with Crippen molar-refractivity contribution in [3.05, 3.63) is 346 Å². The van der Waals surface area contributed by atoms with Gasteiger partial charge in [-0.2, -0.15) is 0 Å². The van der Waals surface area contributed by atoms with Crippen molar-refractivity contribution >= 4 is 0 Å². The van der Waals surface area contributed by atoms with E-state index >= 15 is 0 Å². The molecule has 11 aromatic rings.